The Kier molecular flexibility index (Phi) is 3.56. The lowest BCUT2D eigenvalue weighted by molar-refractivity contribution is 0.114. The molecule has 0 spiro atoms. The van der Waals surface area contributed by atoms with E-state index in [2.05, 4.69) is 5.32 Å². The van der Waals surface area contributed by atoms with Crippen LogP contribution < -0.4 is 5.32 Å². The fourth-order valence-electron chi connectivity index (χ4n) is 5.96. The maximum atomic E-state index is 9.33. The molecule has 3 saturated carbocycles. The number of nitrogens with one attached hydrogen (secondary N) is 1. The van der Waals surface area contributed by atoms with E-state index in [-0.39, 0.29) is 5.41 Å². The Hall–Kier alpha value is -0.120. The van der Waals surface area contributed by atoms with Crippen LogP contribution in [0.15, 0.2) is 0 Å². The second-order valence-corrected chi connectivity index (χ2v) is 7.92. The molecule has 114 valence electrons. The standard InChI is InChI=1S/C17H29NO2/c19-6-4-17(5-7-20-11-17)10-18-16-9-12-8-15(16)14-3-1-2-13(12)14/h12-16,18-19H,1-11H2. The smallest absolute Gasteiger partial charge is 0.0536 e. The molecule has 0 amide bonds. The summed E-state index contributed by atoms with van der Waals surface area (Å²) in [5.74, 6) is 4.11. The molecule has 2 N–H and O–H groups in total. The van der Waals surface area contributed by atoms with E-state index in [9.17, 15) is 5.11 Å². The van der Waals surface area contributed by atoms with Gasteiger partial charge in [0.25, 0.3) is 0 Å². The summed E-state index contributed by atoms with van der Waals surface area (Å²) < 4.78 is 5.61. The van der Waals surface area contributed by atoms with Crippen LogP contribution in [0.4, 0.5) is 0 Å². The molecule has 1 heterocycles. The number of aliphatic hydroxyl groups excluding tert-OH is 1. The lowest BCUT2D eigenvalue weighted by Crippen LogP contribution is -2.45. The summed E-state index contributed by atoms with van der Waals surface area (Å²) in [6, 6.07) is 0.760. The second-order valence-electron chi connectivity index (χ2n) is 7.92. The molecular formula is C17H29NO2. The van der Waals surface area contributed by atoms with Gasteiger partial charge in [0, 0.05) is 31.2 Å². The Morgan fingerprint density at radius 2 is 2.05 bits per heavy atom. The minimum absolute atomic E-state index is 0.214. The molecule has 6 atom stereocenters. The summed E-state index contributed by atoms with van der Waals surface area (Å²) in [5, 5.41) is 13.2. The lowest BCUT2D eigenvalue weighted by atomic mass is 9.78. The largest absolute Gasteiger partial charge is 0.396 e. The number of hydrogen-bond donors (Lipinski definition) is 2. The highest BCUT2D eigenvalue weighted by atomic mass is 16.5. The summed E-state index contributed by atoms with van der Waals surface area (Å²) in [6.45, 7) is 3.07. The molecular weight excluding hydrogens is 250 g/mol. The molecule has 20 heavy (non-hydrogen) atoms. The molecule has 0 aromatic carbocycles. The van der Waals surface area contributed by atoms with E-state index >= 15 is 0 Å². The highest BCUT2D eigenvalue weighted by Gasteiger charge is 2.53. The van der Waals surface area contributed by atoms with Crippen LogP contribution in [-0.2, 0) is 4.74 Å². The third-order valence-corrected chi connectivity index (χ3v) is 7.00. The van der Waals surface area contributed by atoms with Gasteiger partial charge in [-0.3, -0.25) is 0 Å². The number of aliphatic hydroxyl groups is 1. The van der Waals surface area contributed by atoms with E-state index in [0.717, 1.165) is 62.3 Å². The van der Waals surface area contributed by atoms with Crippen molar-refractivity contribution in [2.75, 3.05) is 26.4 Å². The van der Waals surface area contributed by atoms with E-state index in [4.69, 9.17) is 4.74 Å². The zero-order valence-corrected chi connectivity index (χ0v) is 12.5. The van der Waals surface area contributed by atoms with Crippen molar-refractivity contribution in [1.29, 1.82) is 0 Å². The third-order valence-electron chi connectivity index (χ3n) is 7.00. The molecule has 4 aliphatic rings. The van der Waals surface area contributed by atoms with Gasteiger partial charge >= 0.3 is 0 Å². The highest BCUT2D eigenvalue weighted by Crippen LogP contribution is 2.58. The number of hydrogen-bond acceptors (Lipinski definition) is 3. The molecule has 1 saturated heterocycles. The van der Waals surface area contributed by atoms with E-state index in [1.807, 2.05) is 0 Å². The monoisotopic (exact) mass is 279 g/mol. The molecule has 4 rings (SSSR count). The fourth-order valence-corrected chi connectivity index (χ4v) is 5.96. The van der Waals surface area contributed by atoms with Crippen molar-refractivity contribution in [2.45, 2.75) is 51.0 Å². The molecule has 0 radical (unpaired) electrons. The summed E-state index contributed by atoms with van der Waals surface area (Å²) >= 11 is 0. The van der Waals surface area contributed by atoms with Gasteiger partial charge in [0.05, 0.1) is 6.61 Å². The molecule has 3 aliphatic carbocycles. The summed E-state index contributed by atoms with van der Waals surface area (Å²) in [6.07, 6.45) is 9.42. The zero-order valence-electron chi connectivity index (χ0n) is 12.5. The first-order valence-corrected chi connectivity index (χ1v) is 8.73. The van der Waals surface area contributed by atoms with Crippen LogP contribution in [0.3, 0.4) is 0 Å². The summed E-state index contributed by atoms with van der Waals surface area (Å²) in [4.78, 5) is 0. The van der Waals surface area contributed by atoms with Gasteiger partial charge in [-0.1, -0.05) is 6.42 Å². The maximum absolute atomic E-state index is 9.33. The van der Waals surface area contributed by atoms with Crippen LogP contribution in [0.1, 0.15) is 44.9 Å². The minimum Gasteiger partial charge on any atom is -0.396 e. The topological polar surface area (TPSA) is 41.5 Å². The fraction of sp³-hybridized carbons (Fsp3) is 1.00. The highest BCUT2D eigenvalue weighted by molar-refractivity contribution is 5.06. The Morgan fingerprint density at radius 3 is 2.85 bits per heavy atom. The van der Waals surface area contributed by atoms with Crippen LogP contribution in [0, 0.1) is 29.1 Å². The summed E-state index contributed by atoms with van der Waals surface area (Å²) in [7, 11) is 0. The Bertz CT molecular complexity index is 353. The Morgan fingerprint density at radius 1 is 1.15 bits per heavy atom. The first-order chi connectivity index (χ1) is 9.81. The average molecular weight is 279 g/mol. The molecule has 0 aromatic heterocycles. The first kappa shape index (κ1) is 13.5. The van der Waals surface area contributed by atoms with Gasteiger partial charge < -0.3 is 15.2 Å². The van der Waals surface area contributed by atoms with Gasteiger partial charge in [0.2, 0.25) is 0 Å². The first-order valence-electron chi connectivity index (χ1n) is 8.73. The SMILES string of the molecule is OCCC1(CNC2CC3CC2C2CCCC32)CCOC1. The van der Waals surface area contributed by atoms with E-state index in [0.29, 0.717) is 6.61 Å². The van der Waals surface area contributed by atoms with Crippen molar-refractivity contribution in [3.05, 3.63) is 0 Å². The molecule has 1 aliphatic heterocycles. The van der Waals surface area contributed by atoms with Crippen molar-refractivity contribution >= 4 is 0 Å². The van der Waals surface area contributed by atoms with Gasteiger partial charge in [-0.15, -0.1) is 0 Å². The lowest BCUT2D eigenvalue weighted by Gasteiger charge is -2.35. The molecule has 2 bridgehead atoms. The van der Waals surface area contributed by atoms with E-state index in [1.165, 1.54) is 32.1 Å². The van der Waals surface area contributed by atoms with Crippen molar-refractivity contribution < 1.29 is 9.84 Å². The third kappa shape index (κ3) is 2.13. The molecule has 3 heteroatoms. The van der Waals surface area contributed by atoms with Gasteiger partial charge in [-0.05, 0) is 62.2 Å². The molecule has 4 fully saturated rings. The Labute approximate surface area is 122 Å². The predicted octanol–water partition coefficient (Wildman–Crippen LogP) is 2.19. The van der Waals surface area contributed by atoms with Crippen LogP contribution in [0.25, 0.3) is 0 Å². The zero-order chi connectivity index (χ0) is 13.6. The molecule has 0 aromatic rings. The van der Waals surface area contributed by atoms with Gasteiger partial charge in [0.15, 0.2) is 0 Å². The van der Waals surface area contributed by atoms with Crippen molar-refractivity contribution in [3.8, 4) is 0 Å². The Balaban J connectivity index is 1.36. The van der Waals surface area contributed by atoms with Crippen molar-refractivity contribution in [3.63, 3.8) is 0 Å². The number of ether oxygens (including phenoxy) is 1. The second kappa shape index (κ2) is 5.26. The van der Waals surface area contributed by atoms with E-state index in [1.54, 1.807) is 0 Å². The quantitative estimate of drug-likeness (QED) is 0.810. The maximum Gasteiger partial charge on any atom is 0.0536 e. The predicted molar refractivity (Wildman–Crippen MR) is 78.4 cm³/mol. The minimum atomic E-state index is 0.214. The van der Waals surface area contributed by atoms with E-state index < -0.39 is 0 Å². The summed E-state index contributed by atoms with van der Waals surface area (Å²) in [5.41, 5.74) is 0.214. The normalized spacial score (nSPS) is 50.0. The number of fused-ring (bicyclic) bond motifs is 5. The van der Waals surface area contributed by atoms with Crippen LogP contribution in [0.5, 0.6) is 0 Å². The van der Waals surface area contributed by atoms with Gasteiger partial charge in [-0.25, -0.2) is 0 Å². The molecule has 6 unspecified atom stereocenters. The van der Waals surface area contributed by atoms with Gasteiger partial charge in [0.1, 0.15) is 0 Å². The van der Waals surface area contributed by atoms with Crippen LogP contribution in [-0.4, -0.2) is 37.5 Å². The molecule has 3 nitrogen and oxygen atoms in total. The van der Waals surface area contributed by atoms with Crippen molar-refractivity contribution in [1.82, 2.24) is 5.32 Å². The van der Waals surface area contributed by atoms with Crippen LogP contribution >= 0.6 is 0 Å². The number of rotatable bonds is 5. The average Bonchev–Trinajstić information content (AvgIpc) is 3.19. The van der Waals surface area contributed by atoms with Gasteiger partial charge in [-0.2, -0.15) is 0 Å². The van der Waals surface area contributed by atoms with Crippen LogP contribution in [0.2, 0.25) is 0 Å². The van der Waals surface area contributed by atoms with Crippen molar-refractivity contribution in [2.24, 2.45) is 29.1 Å².